The number of carbonyl (C=O) groups excluding carboxylic acids is 1. The SMILES string of the molecule is Cn1c(=O)c2cc(NC(=O)Cc3cnn(-c4ccccc4)c3)cnc2n(C)c1=O. The lowest BCUT2D eigenvalue weighted by atomic mass is 10.2. The zero-order chi connectivity index (χ0) is 20.5. The second-order valence-corrected chi connectivity index (χ2v) is 6.65. The zero-order valence-corrected chi connectivity index (χ0v) is 15.9. The predicted octanol–water partition coefficient (Wildman–Crippen LogP) is 0.999. The van der Waals surface area contributed by atoms with Crippen molar-refractivity contribution >= 4 is 22.6 Å². The molecule has 0 saturated carbocycles. The van der Waals surface area contributed by atoms with E-state index in [4.69, 9.17) is 0 Å². The summed E-state index contributed by atoms with van der Waals surface area (Å²) in [5.41, 5.74) is 1.38. The molecule has 4 rings (SSSR count). The molecule has 4 aromatic rings. The van der Waals surface area contributed by atoms with Crippen molar-refractivity contribution in [2.45, 2.75) is 6.42 Å². The van der Waals surface area contributed by atoms with Crippen molar-refractivity contribution < 1.29 is 4.79 Å². The van der Waals surface area contributed by atoms with E-state index < -0.39 is 11.2 Å². The van der Waals surface area contributed by atoms with Gasteiger partial charge in [-0.3, -0.25) is 18.7 Å². The van der Waals surface area contributed by atoms with Crippen LogP contribution in [0.25, 0.3) is 16.7 Å². The molecule has 0 atom stereocenters. The van der Waals surface area contributed by atoms with Crippen molar-refractivity contribution in [1.29, 1.82) is 0 Å². The lowest BCUT2D eigenvalue weighted by molar-refractivity contribution is -0.115. The average molecular weight is 390 g/mol. The number of rotatable bonds is 4. The highest BCUT2D eigenvalue weighted by molar-refractivity contribution is 5.93. The maximum atomic E-state index is 12.4. The Labute approximate surface area is 164 Å². The maximum Gasteiger partial charge on any atom is 0.332 e. The molecule has 146 valence electrons. The number of aryl methyl sites for hydroxylation is 1. The molecule has 0 saturated heterocycles. The summed E-state index contributed by atoms with van der Waals surface area (Å²) in [6.07, 6.45) is 4.97. The molecule has 9 nitrogen and oxygen atoms in total. The van der Waals surface area contributed by atoms with Crippen LogP contribution < -0.4 is 16.6 Å². The number of hydrogen-bond acceptors (Lipinski definition) is 5. The zero-order valence-electron chi connectivity index (χ0n) is 15.9. The van der Waals surface area contributed by atoms with E-state index in [-0.39, 0.29) is 23.4 Å². The molecule has 1 amide bonds. The Hall–Kier alpha value is -4.01. The number of pyridine rings is 1. The molecule has 0 aliphatic rings. The van der Waals surface area contributed by atoms with Crippen molar-refractivity contribution in [3.05, 3.63) is 81.4 Å². The van der Waals surface area contributed by atoms with Crippen molar-refractivity contribution in [2.24, 2.45) is 14.1 Å². The minimum Gasteiger partial charge on any atom is -0.324 e. The van der Waals surface area contributed by atoms with Gasteiger partial charge in [-0.15, -0.1) is 0 Å². The molecule has 0 spiro atoms. The largest absolute Gasteiger partial charge is 0.332 e. The number of amides is 1. The molecule has 3 heterocycles. The minimum atomic E-state index is -0.462. The van der Waals surface area contributed by atoms with E-state index >= 15 is 0 Å². The van der Waals surface area contributed by atoms with Gasteiger partial charge in [-0.25, -0.2) is 14.5 Å². The lowest BCUT2D eigenvalue weighted by Crippen LogP contribution is -2.37. The van der Waals surface area contributed by atoms with Gasteiger partial charge >= 0.3 is 5.69 Å². The summed E-state index contributed by atoms with van der Waals surface area (Å²) in [4.78, 5) is 40.9. The predicted molar refractivity (Wildman–Crippen MR) is 108 cm³/mol. The van der Waals surface area contributed by atoms with E-state index in [9.17, 15) is 14.4 Å². The molecule has 0 aliphatic heterocycles. The summed E-state index contributed by atoms with van der Waals surface area (Å²) in [6, 6.07) is 11.1. The molecule has 3 aromatic heterocycles. The summed E-state index contributed by atoms with van der Waals surface area (Å²) >= 11 is 0. The maximum absolute atomic E-state index is 12.4. The Kier molecular flexibility index (Phi) is 4.55. The Morgan fingerprint density at radius 2 is 1.83 bits per heavy atom. The average Bonchev–Trinajstić information content (AvgIpc) is 3.19. The Bertz CT molecular complexity index is 1330. The number of hydrogen-bond donors (Lipinski definition) is 1. The van der Waals surface area contributed by atoms with Gasteiger partial charge in [-0.05, 0) is 23.8 Å². The van der Waals surface area contributed by atoms with Crippen molar-refractivity contribution in [3.63, 3.8) is 0 Å². The fourth-order valence-electron chi connectivity index (χ4n) is 3.10. The fourth-order valence-corrected chi connectivity index (χ4v) is 3.10. The van der Waals surface area contributed by atoms with Crippen LogP contribution in [0.4, 0.5) is 5.69 Å². The highest BCUT2D eigenvalue weighted by Crippen LogP contribution is 2.13. The van der Waals surface area contributed by atoms with E-state index in [0.29, 0.717) is 5.69 Å². The number of aromatic nitrogens is 5. The number of para-hydroxylation sites is 1. The quantitative estimate of drug-likeness (QED) is 0.560. The first-order valence-electron chi connectivity index (χ1n) is 8.88. The fraction of sp³-hybridized carbons (Fsp3) is 0.150. The van der Waals surface area contributed by atoms with Crippen molar-refractivity contribution in [3.8, 4) is 5.69 Å². The van der Waals surface area contributed by atoms with Gasteiger partial charge in [0.1, 0.15) is 5.65 Å². The van der Waals surface area contributed by atoms with Gasteiger partial charge in [0.2, 0.25) is 5.91 Å². The van der Waals surface area contributed by atoms with Gasteiger partial charge in [0.05, 0.1) is 35.6 Å². The summed E-state index contributed by atoms with van der Waals surface area (Å²) in [5, 5.41) is 7.27. The van der Waals surface area contributed by atoms with Crippen LogP contribution in [0.1, 0.15) is 5.56 Å². The summed E-state index contributed by atoms with van der Waals surface area (Å²) in [6.45, 7) is 0. The number of benzene rings is 1. The van der Waals surface area contributed by atoms with Gasteiger partial charge in [0, 0.05) is 20.3 Å². The minimum absolute atomic E-state index is 0.121. The summed E-state index contributed by atoms with van der Waals surface area (Å²) in [5.74, 6) is -0.264. The third-order valence-corrected chi connectivity index (χ3v) is 4.60. The van der Waals surface area contributed by atoms with E-state index in [0.717, 1.165) is 15.8 Å². The number of fused-ring (bicyclic) bond motifs is 1. The first-order valence-corrected chi connectivity index (χ1v) is 8.88. The van der Waals surface area contributed by atoms with Gasteiger partial charge < -0.3 is 5.32 Å². The first kappa shape index (κ1) is 18.4. The van der Waals surface area contributed by atoms with Crippen LogP contribution in [0.2, 0.25) is 0 Å². The van der Waals surface area contributed by atoms with Crippen LogP contribution >= 0.6 is 0 Å². The third-order valence-electron chi connectivity index (χ3n) is 4.60. The normalized spacial score (nSPS) is 11.0. The van der Waals surface area contributed by atoms with Crippen LogP contribution in [0.15, 0.2) is 64.6 Å². The van der Waals surface area contributed by atoms with Crippen LogP contribution in [-0.4, -0.2) is 29.8 Å². The van der Waals surface area contributed by atoms with E-state index in [1.165, 1.54) is 23.9 Å². The van der Waals surface area contributed by atoms with Gasteiger partial charge in [0.25, 0.3) is 5.56 Å². The van der Waals surface area contributed by atoms with Crippen molar-refractivity contribution in [2.75, 3.05) is 5.32 Å². The standard InChI is InChI=1S/C20H18N6O3/c1-24-18-16(19(28)25(2)20(24)29)9-14(11-21-18)23-17(27)8-13-10-22-26(12-13)15-6-4-3-5-7-15/h3-7,9-12H,8H2,1-2H3,(H,23,27). The molecule has 1 N–H and O–H groups in total. The Morgan fingerprint density at radius 1 is 1.07 bits per heavy atom. The second-order valence-electron chi connectivity index (χ2n) is 6.65. The van der Waals surface area contributed by atoms with Crippen LogP contribution in [-0.2, 0) is 25.3 Å². The highest BCUT2D eigenvalue weighted by atomic mass is 16.2. The van der Waals surface area contributed by atoms with Crippen LogP contribution in [0.3, 0.4) is 0 Å². The summed E-state index contributed by atoms with van der Waals surface area (Å²) < 4.78 is 4.00. The molecular formula is C20H18N6O3. The van der Waals surface area contributed by atoms with E-state index in [1.54, 1.807) is 24.1 Å². The van der Waals surface area contributed by atoms with Crippen LogP contribution in [0, 0.1) is 0 Å². The van der Waals surface area contributed by atoms with Crippen LogP contribution in [0.5, 0.6) is 0 Å². The molecule has 0 unspecified atom stereocenters. The molecular weight excluding hydrogens is 372 g/mol. The lowest BCUT2D eigenvalue weighted by Gasteiger charge is -2.09. The van der Waals surface area contributed by atoms with E-state index in [2.05, 4.69) is 15.4 Å². The number of nitrogens with zero attached hydrogens (tertiary/aromatic N) is 5. The second kappa shape index (κ2) is 7.19. The van der Waals surface area contributed by atoms with Crippen molar-refractivity contribution in [1.82, 2.24) is 23.9 Å². The molecule has 1 aromatic carbocycles. The van der Waals surface area contributed by atoms with E-state index in [1.807, 2.05) is 30.3 Å². The third kappa shape index (κ3) is 3.45. The molecule has 0 fully saturated rings. The Morgan fingerprint density at radius 3 is 2.59 bits per heavy atom. The smallest absolute Gasteiger partial charge is 0.324 e. The van der Waals surface area contributed by atoms with Gasteiger partial charge in [0.15, 0.2) is 0 Å². The highest BCUT2D eigenvalue weighted by Gasteiger charge is 2.12. The Balaban J connectivity index is 1.55. The summed E-state index contributed by atoms with van der Waals surface area (Å²) in [7, 11) is 2.94. The monoisotopic (exact) mass is 390 g/mol. The number of anilines is 1. The molecule has 29 heavy (non-hydrogen) atoms. The molecule has 9 heteroatoms. The van der Waals surface area contributed by atoms with Gasteiger partial charge in [-0.2, -0.15) is 5.10 Å². The molecule has 0 aliphatic carbocycles. The van der Waals surface area contributed by atoms with Gasteiger partial charge in [-0.1, -0.05) is 18.2 Å². The number of carbonyl (C=O) groups is 1. The molecule has 0 radical (unpaired) electrons. The number of nitrogens with one attached hydrogen (secondary N) is 1. The topological polar surface area (TPSA) is 104 Å². The first-order chi connectivity index (χ1) is 13.9. The molecule has 0 bridgehead atoms.